The summed E-state index contributed by atoms with van der Waals surface area (Å²) in [4.78, 5) is 16.1. The van der Waals surface area contributed by atoms with Crippen molar-refractivity contribution < 1.29 is 9.90 Å². The molecule has 7 heteroatoms. The first-order valence-corrected chi connectivity index (χ1v) is 6.40. The molecule has 0 aliphatic carbocycles. The largest absolute Gasteiger partial charge is 0.392 e. The average Bonchev–Trinajstić information content (AvgIpc) is 3.10. The second-order valence-corrected chi connectivity index (χ2v) is 4.70. The molecule has 2 heterocycles. The molecule has 1 aliphatic rings. The van der Waals surface area contributed by atoms with Crippen molar-refractivity contribution in [3.05, 3.63) is 36.9 Å². The van der Waals surface area contributed by atoms with Gasteiger partial charge in [-0.15, -0.1) is 0 Å². The Morgan fingerprint density at radius 1 is 1.45 bits per heavy atom. The van der Waals surface area contributed by atoms with Crippen LogP contribution in [-0.2, 0) is 4.79 Å². The van der Waals surface area contributed by atoms with Gasteiger partial charge in [0.25, 0.3) is 0 Å². The fourth-order valence-corrected chi connectivity index (χ4v) is 2.25. The molecule has 104 valence electrons. The molecule has 20 heavy (non-hydrogen) atoms. The van der Waals surface area contributed by atoms with E-state index in [9.17, 15) is 9.90 Å². The Hall–Kier alpha value is -2.25. The summed E-state index contributed by atoms with van der Waals surface area (Å²) in [7, 11) is 0. The lowest BCUT2D eigenvalue weighted by atomic mass is 10.2. The van der Waals surface area contributed by atoms with Crippen LogP contribution in [0, 0.1) is 0 Å². The zero-order valence-corrected chi connectivity index (χ0v) is 10.7. The summed E-state index contributed by atoms with van der Waals surface area (Å²) < 4.78 is 1.59. The lowest BCUT2D eigenvalue weighted by molar-refractivity contribution is -0.117. The van der Waals surface area contributed by atoms with Crippen LogP contribution in [0.25, 0.3) is 5.69 Å². The zero-order valence-electron chi connectivity index (χ0n) is 10.7. The number of aromatic nitrogens is 3. The van der Waals surface area contributed by atoms with Gasteiger partial charge in [-0.05, 0) is 18.6 Å². The molecular formula is C13H15N5O2. The van der Waals surface area contributed by atoms with Gasteiger partial charge in [0.15, 0.2) is 0 Å². The number of carbonyl (C=O) groups excluding carboxylic acids is 1. The predicted molar refractivity (Wildman–Crippen MR) is 72.4 cm³/mol. The van der Waals surface area contributed by atoms with E-state index in [0.717, 1.165) is 5.69 Å². The van der Waals surface area contributed by atoms with E-state index in [-0.39, 0.29) is 11.9 Å². The summed E-state index contributed by atoms with van der Waals surface area (Å²) in [6.45, 7) is 0.447. The highest BCUT2D eigenvalue weighted by molar-refractivity contribution is 5.96. The normalized spacial score (nSPS) is 21.9. The molecule has 1 amide bonds. The lowest BCUT2D eigenvalue weighted by Gasteiger charge is -2.14. The Labute approximate surface area is 115 Å². The number of nitrogens with zero attached hydrogens (tertiary/aromatic N) is 3. The number of aliphatic hydroxyl groups excluding tert-OH is 1. The van der Waals surface area contributed by atoms with Gasteiger partial charge in [0, 0.05) is 6.54 Å². The third-order valence-corrected chi connectivity index (χ3v) is 3.25. The first-order valence-electron chi connectivity index (χ1n) is 6.40. The molecule has 3 N–H and O–H groups in total. The highest BCUT2D eigenvalue weighted by atomic mass is 16.3. The van der Waals surface area contributed by atoms with E-state index < -0.39 is 6.10 Å². The first kappa shape index (κ1) is 12.8. The maximum Gasteiger partial charge on any atom is 0.241 e. The van der Waals surface area contributed by atoms with E-state index in [1.54, 1.807) is 17.1 Å². The fourth-order valence-electron chi connectivity index (χ4n) is 2.25. The van der Waals surface area contributed by atoms with E-state index in [2.05, 4.69) is 20.7 Å². The number of carbonyl (C=O) groups is 1. The van der Waals surface area contributed by atoms with Crippen LogP contribution in [0.5, 0.6) is 0 Å². The number of para-hydroxylation sites is 2. The maximum atomic E-state index is 12.2. The zero-order chi connectivity index (χ0) is 13.9. The smallest absolute Gasteiger partial charge is 0.241 e. The quantitative estimate of drug-likeness (QED) is 0.728. The van der Waals surface area contributed by atoms with E-state index in [4.69, 9.17) is 0 Å². The molecule has 1 aromatic carbocycles. The van der Waals surface area contributed by atoms with E-state index in [1.807, 2.05) is 18.2 Å². The van der Waals surface area contributed by atoms with Crippen molar-refractivity contribution in [2.24, 2.45) is 0 Å². The number of hydrogen-bond donors (Lipinski definition) is 3. The molecule has 1 fully saturated rings. The van der Waals surface area contributed by atoms with Crippen LogP contribution in [0.3, 0.4) is 0 Å². The Morgan fingerprint density at radius 3 is 3.00 bits per heavy atom. The summed E-state index contributed by atoms with van der Waals surface area (Å²) in [6, 6.07) is 6.99. The van der Waals surface area contributed by atoms with E-state index in [0.29, 0.717) is 18.7 Å². The van der Waals surface area contributed by atoms with Crippen LogP contribution in [0.4, 0.5) is 5.69 Å². The molecule has 2 atom stereocenters. The second-order valence-electron chi connectivity index (χ2n) is 4.70. The van der Waals surface area contributed by atoms with Gasteiger partial charge in [-0.1, -0.05) is 12.1 Å². The minimum atomic E-state index is -0.462. The molecular weight excluding hydrogens is 258 g/mol. The van der Waals surface area contributed by atoms with Gasteiger partial charge in [0.2, 0.25) is 5.91 Å². The molecule has 2 unspecified atom stereocenters. The van der Waals surface area contributed by atoms with Crippen molar-refractivity contribution >= 4 is 11.6 Å². The van der Waals surface area contributed by atoms with Gasteiger partial charge < -0.3 is 15.7 Å². The van der Waals surface area contributed by atoms with Crippen LogP contribution in [0.15, 0.2) is 36.9 Å². The number of aliphatic hydroxyl groups is 1. The van der Waals surface area contributed by atoms with Crippen LogP contribution in [-0.4, -0.2) is 44.5 Å². The van der Waals surface area contributed by atoms with Crippen molar-refractivity contribution in [3.8, 4) is 5.69 Å². The van der Waals surface area contributed by atoms with Gasteiger partial charge in [-0.25, -0.2) is 9.67 Å². The molecule has 3 rings (SSSR count). The Balaban J connectivity index is 1.79. The van der Waals surface area contributed by atoms with Crippen LogP contribution < -0.4 is 10.6 Å². The third kappa shape index (κ3) is 2.54. The first-order chi connectivity index (χ1) is 9.74. The van der Waals surface area contributed by atoms with Gasteiger partial charge in [0.05, 0.1) is 23.5 Å². The number of anilines is 1. The highest BCUT2D eigenvalue weighted by Gasteiger charge is 2.28. The van der Waals surface area contributed by atoms with Crippen molar-refractivity contribution in [3.63, 3.8) is 0 Å². The summed E-state index contributed by atoms with van der Waals surface area (Å²) >= 11 is 0. The minimum Gasteiger partial charge on any atom is -0.392 e. The molecule has 0 radical (unpaired) electrons. The number of β-amino-alcohol motifs (C(OH)–C–C–N with tert-alkyl or cyclic N) is 1. The summed E-state index contributed by atoms with van der Waals surface area (Å²) in [5.41, 5.74) is 1.41. The number of amides is 1. The molecule has 0 spiro atoms. The summed E-state index contributed by atoms with van der Waals surface area (Å²) in [5.74, 6) is -0.158. The number of rotatable bonds is 3. The molecule has 1 aliphatic heterocycles. The van der Waals surface area contributed by atoms with Gasteiger partial charge in [-0.2, -0.15) is 5.10 Å². The van der Waals surface area contributed by atoms with Crippen LogP contribution >= 0.6 is 0 Å². The minimum absolute atomic E-state index is 0.158. The molecule has 2 aromatic rings. The molecule has 1 aromatic heterocycles. The number of nitrogens with one attached hydrogen (secondary N) is 2. The molecule has 7 nitrogen and oxygen atoms in total. The Bertz CT molecular complexity index is 599. The predicted octanol–water partition coefficient (Wildman–Crippen LogP) is -0.0714. The molecule has 0 bridgehead atoms. The Morgan fingerprint density at radius 2 is 2.30 bits per heavy atom. The maximum absolute atomic E-state index is 12.2. The molecule has 1 saturated heterocycles. The van der Waals surface area contributed by atoms with Gasteiger partial charge >= 0.3 is 0 Å². The van der Waals surface area contributed by atoms with Crippen molar-refractivity contribution in [1.29, 1.82) is 0 Å². The highest BCUT2D eigenvalue weighted by Crippen LogP contribution is 2.19. The monoisotopic (exact) mass is 273 g/mol. The van der Waals surface area contributed by atoms with Gasteiger partial charge in [-0.3, -0.25) is 4.79 Å². The van der Waals surface area contributed by atoms with Crippen molar-refractivity contribution in [2.75, 3.05) is 11.9 Å². The topological polar surface area (TPSA) is 92.1 Å². The summed E-state index contributed by atoms with van der Waals surface area (Å²) in [5, 5.41) is 19.4. The Kier molecular flexibility index (Phi) is 3.44. The fraction of sp³-hybridized carbons (Fsp3) is 0.308. The SMILES string of the molecule is O=C(Nc1ccccc1-n1cncn1)C1CC(O)CN1. The second kappa shape index (κ2) is 5.40. The van der Waals surface area contributed by atoms with Gasteiger partial charge in [0.1, 0.15) is 12.7 Å². The van der Waals surface area contributed by atoms with E-state index in [1.165, 1.54) is 6.33 Å². The number of benzene rings is 1. The standard InChI is InChI=1S/C13H15N5O2/c19-9-5-11(15-6-9)13(20)17-10-3-1-2-4-12(10)18-8-14-7-16-18/h1-4,7-9,11,15,19H,5-6H2,(H,17,20). The average molecular weight is 273 g/mol. The van der Waals surface area contributed by atoms with Crippen molar-refractivity contribution in [1.82, 2.24) is 20.1 Å². The van der Waals surface area contributed by atoms with E-state index >= 15 is 0 Å². The molecule has 0 saturated carbocycles. The summed E-state index contributed by atoms with van der Waals surface area (Å²) in [6.07, 6.45) is 2.98. The lowest BCUT2D eigenvalue weighted by Crippen LogP contribution is -2.35. The van der Waals surface area contributed by atoms with Crippen LogP contribution in [0.1, 0.15) is 6.42 Å². The third-order valence-electron chi connectivity index (χ3n) is 3.25. The van der Waals surface area contributed by atoms with Crippen molar-refractivity contribution in [2.45, 2.75) is 18.6 Å². The number of hydrogen-bond acceptors (Lipinski definition) is 5. The van der Waals surface area contributed by atoms with Crippen LogP contribution in [0.2, 0.25) is 0 Å².